The predicted octanol–water partition coefficient (Wildman–Crippen LogP) is 31.7. The number of ether oxygens (including phenoxy) is 5. The van der Waals surface area contributed by atoms with Gasteiger partial charge in [0.05, 0.1) is 29.5 Å². The molecule has 4 aromatic carbocycles. The number of carbonyl (C=O) groups is 6. The van der Waals surface area contributed by atoms with Gasteiger partial charge in [-0.1, -0.05) is 435 Å². The van der Waals surface area contributed by atoms with Gasteiger partial charge in [0, 0.05) is 142 Å². The molecule has 4 aromatic rings. The first-order chi connectivity index (χ1) is 73.6. The number of carboxylic acid groups (broad SMARTS) is 3. The number of unbranched alkanes of at least 4 members (excludes halogenated alkanes) is 58. The molecule has 0 bridgehead atoms. The molecule has 2 aliphatic carbocycles. The number of nitrogens with one attached hydrogen (secondary N) is 5. The molecule has 24 heteroatoms. The van der Waals surface area contributed by atoms with Crippen LogP contribution < -0.4 is 51.9 Å². The van der Waals surface area contributed by atoms with E-state index in [1.807, 2.05) is 70.6 Å². The average Bonchev–Trinajstić information content (AvgIpc) is 0.749. The summed E-state index contributed by atoms with van der Waals surface area (Å²) in [4.78, 5) is 75.6. The van der Waals surface area contributed by atoms with Crippen LogP contribution in [0.1, 0.15) is 433 Å². The van der Waals surface area contributed by atoms with Crippen LogP contribution in [0.15, 0.2) is 148 Å². The number of alkyl carbamates (subject to hydrolysis) is 3. The van der Waals surface area contributed by atoms with Gasteiger partial charge in [-0.25, -0.2) is 28.5 Å². The maximum atomic E-state index is 12.5. The number of carbonyl (C=O) groups excluding carboxylic acids is 4. The Bertz CT molecular complexity index is 4990. The minimum Gasteiger partial charge on any atom is -0.545 e. The summed E-state index contributed by atoms with van der Waals surface area (Å²) in [6, 6.07) is 37.0. The maximum Gasteiger partial charge on any atom is 0.407 e. The first-order valence-corrected chi connectivity index (χ1v) is 59.1. The lowest BCUT2D eigenvalue weighted by molar-refractivity contribution is -0.255. The van der Waals surface area contributed by atoms with Gasteiger partial charge in [-0.15, -0.1) is 0 Å². The first kappa shape index (κ1) is 128. The minimum atomic E-state index is -1.33. The molecule has 0 saturated carbocycles. The smallest absolute Gasteiger partial charge is 0.407 e. The SMILES string of the molecule is C=CN(CCOC(=O)NC)c1ccc2c(-c3ccccc3C(=O)[O-])c3ccc(=[N+](CCOC(=O)NC)CCOC(=O)NC)cc-3oc2c1.CCCCCCCCCCCCCCCCCCCCCCCCCCCCCCCCOCCCN=c1ccc2c(-c3ccccc3C(=O)O)c3ccc(NCCCOCCCCCCCCCCCCCCCCCCCCCCCCCCCCCCCC)cc3oc-2c1.CNC(=O)O. The van der Waals surface area contributed by atoms with E-state index in [-0.39, 0.29) is 44.0 Å². The van der Waals surface area contributed by atoms with Gasteiger partial charge < -0.3 is 84.1 Å². The van der Waals surface area contributed by atoms with Crippen LogP contribution in [-0.4, -0.2) is 154 Å². The zero-order valence-corrected chi connectivity index (χ0v) is 93.6. The molecule has 4 amide bonds. The topological polar surface area (TPSA) is 317 Å². The summed E-state index contributed by atoms with van der Waals surface area (Å²) < 4.78 is 42.6. The predicted molar refractivity (Wildman–Crippen MR) is 617 cm³/mol. The third kappa shape index (κ3) is 56.2. The van der Waals surface area contributed by atoms with Crippen molar-refractivity contribution in [1.29, 1.82) is 0 Å². The van der Waals surface area contributed by atoms with Gasteiger partial charge in [0.1, 0.15) is 29.3 Å². The van der Waals surface area contributed by atoms with Crippen molar-refractivity contribution < 1.29 is 76.6 Å². The van der Waals surface area contributed by atoms with E-state index < -0.39 is 36.3 Å². The van der Waals surface area contributed by atoms with Crippen molar-refractivity contribution in [3.8, 4) is 44.9 Å². The van der Waals surface area contributed by atoms with E-state index in [1.165, 1.54) is 407 Å². The number of anilines is 2. The Kier molecular flexibility index (Phi) is 72.7. The van der Waals surface area contributed by atoms with Crippen LogP contribution in [-0.2, 0) is 23.7 Å². The highest BCUT2D eigenvalue weighted by atomic mass is 16.6. The Morgan fingerprint density at radius 3 is 1.09 bits per heavy atom. The van der Waals surface area contributed by atoms with E-state index in [0.717, 1.165) is 79.6 Å². The second-order valence-electron chi connectivity index (χ2n) is 40.7. The molecule has 0 unspecified atom stereocenters. The summed E-state index contributed by atoms with van der Waals surface area (Å²) in [5.74, 6) is -1.16. The van der Waals surface area contributed by atoms with E-state index in [9.17, 15) is 39.0 Å². The fraction of sp³-hybridized carbons (Fsp3) is 0.635. The van der Waals surface area contributed by atoms with Gasteiger partial charge in [0.2, 0.25) is 5.36 Å². The molecule has 0 radical (unpaired) electrons. The van der Waals surface area contributed by atoms with Crippen molar-refractivity contribution >= 4 is 69.6 Å². The molecule has 0 fully saturated rings. The molecule has 0 aromatic heterocycles. The van der Waals surface area contributed by atoms with E-state index >= 15 is 0 Å². The monoisotopic (exact) mass is 2080 g/mol. The lowest BCUT2D eigenvalue weighted by Gasteiger charge is -2.22. The van der Waals surface area contributed by atoms with Gasteiger partial charge in [0.25, 0.3) is 0 Å². The zero-order valence-electron chi connectivity index (χ0n) is 93.6. The second kappa shape index (κ2) is 85.1. The lowest BCUT2D eigenvalue weighted by atomic mass is 9.90. The molecule has 0 spiro atoms. The van der Waals surface area contributed by atoms with Gasteiger partial charge in [0.15, 0.2) is 26.3 Å². The number of benzene rings is 6. The van der Waals surface area contributed by atoms with Crippen molar-refractivity contribution in [3.05, 3.63) is 156 Å². The van der Waals surface area contributed by atoms with Crippen LogP contribution >= 0.6 is 0 Å². The van der Waals surface area contributed by atoms with E-state index in [4.69, 9.17) is 42.6 Å². The molecular formula is C126H196N8O16. The number of hydrogen-bond donors (Lipinski definition) is 7. The number of fused-ring (bicyclic) bond motifs is 4. The van der Waals surface area contributed by atoms with Crippen molar-refractivity contribution in [2.45, 2.75) is 412 Å². The summed E-state index contributed by atoms with van der Waals surface area (Å²) >= 11 is 0. The largest absolute Gasteiger partial charge is 0.545 e. The Morgan fingerprint density at radius 1 is 0.367 bits per heavy atom. The third-order valence-electron chi connectivity index (χ3n) is 28.6. The third-order valence-corrected chi connectivity index (χ3v) is 28.6. The molecule has 836 valence electrons. The van der Waals surface area contributed by atoms with Gasteiger partial charge in [-0.3, -0.25) is 4.99 Å². The number of aromatic carboxylic acids is 2. The molecule has 7 N–H and O–H groups in total. The number of carboxylic acids is 2. The van der Waals surface area contributed by atoms with Crippen molar-refractivity contribution in [3.63, 3.8) is 0 Å². The van der Waals surface area contributed by atoms with Crippen LogP contribution in [0, 0.1) is 0 Å². The number of amides is 4. The molecule has 2 aliphatic heterocycles. The summed E-state index contributed by atoms with van der Waals surface area (Å²) in [6.07, 6.45) is 86.1. The molecule has 4 aliphatic rings. The fourth-order valence-electron chi connectivity index (χ4n) is 19.8. The summed E-state index contributed by atoms with van der Waals surface area (Å²) in [6.45, 7) is 14.1. The Labute approximate surface area is 902 Å². The average molecular weight is 2080 g/mol. The number of hydrogen-bond acceptors (Lipinski definition) is 17. The van der Waals surface area contributed by atoms with E-state index in [1.54, 1.807) is 53.6 Å². The number of nitrogens with zero attached hydrogens (tertiary/aromatic N) is 3. The van der Waals surface area contributed by atoms with Crippen LogP contribution in [0.3, 0.4) is 0 Å². The molecule has 0 saturated heterocycles. The molecular weight excluding hydrogens is 1880 g/mol. The summed E-state index contributed by atoms with van der Waals surface area (Å²) in [7, 11) is 5.74. The van der Waals surface area contributed by atoms with Gasteiger partial charge in [-0.05, 0) is 91.5 Å². The van der Waals surface area contributed by atoms with E-state index in [2.05, 4.69) is 53.8 Å². The molecule has 2 heterocycles. The summed E-state index contributed by atoms with van der Waals surface area (Å²) in [5.41, 5.74) is 7.18. The molecule has 8 rings (SSSR count). The van der Waals surface area contributed by atoms with Gasteiger partial charge >= 0.3 is 30.3 Å². The van der Waals surface area contributed by atoms with Crippen LogP contribution in [0.4, 0.5) is 30.6 Å². The first-order valence-electron chi connectivity index (χ1n) is 59.1. The fourth-order valence-corrected chi connectivity index (χ4v) is 19.8. The Morgan fingerprint density at radius 2 is 0.707 bits per heavy atom. The summed E-state index contributed by atoms with van der Waals surface area (Å²) in [5, 5.41) is 45.9. The molecule has 150 heavy (non-hydrogen) atoms. The quantitative estimate of drug-likeness (QED) is 0.00806. The normalized spacial score (nSPS) is 11.3. The minimum absolute atomic E-state index is 0.0119. The molecule has 0 atom stereocenters. The zero-order chi connectivity index (χ0) is 107. The van der Waals surface area contributed by atoms with Crippen LogP contribution in [0.25, 0.3) is 66.8 Å². The Balaban J connectivity index is 0.000000535. The second-order valence-corrected chi connectivity index (χ2v) is 40.7. The highest BCUT2D eigenvalue weighted by molar-refractivity contribution is 6.09. The molecule has 24 nitrogen and oxygen atoms in total. The van der Waals surface area contributed by atoms with Crippen molar-refractivity contribution in [2.24, 2.45) is 4.99 Å². The van der Waals surface area contributed by atoms with Crippen molar-refractivity contribution in [1.82, 2.24) is 25.8 Å². The van der Waals surface area contributed by atoms with Gasteiger partial charge in [-0.2, -0.15) is 0 Å². The number of rotatable bonds is 86. The standard InChI is InChI=1S/C90H154N2O5.C34H37N5O9.C2H5NO2/c1-3-5-7-9-11-13-15-17-19-21-23-25-27-29-31-33-35-37-39-41-43-45-47-49-51-53-55-57-59-63-75-95-77-65-73-91-81-69-71-85-87(79-81)97-88-80-82(70-72-86(88)89(85)83-67-61-62-68-84(83)90(93)94)92-74-66-78-96-76-64-60-58-56-54-52-50-48-46-44-42-40-38-36-34-32-30-28-26-24-22-20-18-16-14-12-10-8-6-4-2;1-5-38(14-17-45-32(42)35-2)22-10-12-26-28(20-22)48-29-21-23(39(15-18-46-33(43)36-3)16-19-47-34(44)37-4)11-13-27(29)30(26)24-8-6-7-9-25(24)31(40)41;1-3-2(4)5/h61-62,67-72,79-80,91H,3-60,63-66,73-78H2,1-2H3,(H,93,94);5-13,20-21H,1,14-19H2,2-4H3,(H3-,35,36,37,40,41,42,43,44);3H,1H3,(H,4,5). The highest BCUT2D eigenvalue weighted by Crippen LogP contribution is 2.44. The Hall–Kier alpha value is -10.5. The van der Waals surface area contributed by atoms with Crippen LogP contribution in [0.2, 0.25) is 0 Å². The maximum absolute atomic E-state index is 12.5. The van der Waals surface area contributed by atoms with Crippen LogP contribution in [0.5, 0.6) is 0 Å². The van der Waals surface area contributed by atoms with E-state index in [0.29, 0.717) is 81.1 Å². The lowest BCUT2D eigenvalue weighted by Crippen LogP contribution is -2.37. The highest BCUT2D eigenvalue weighted by Gasteiger charge is 2.25. The van der Waals surface area contributed by atoms with Crippen molar-refractivity contribution in [2.75, 3.05) is 117 Å².